The summed E-state index contributed by atoms with van der Waals surface area (Å²) in [7, 11) is 3.05. The van der Waals surface area contributed by atoms with Crippen LogP contribution in [-0.4, -0.2) is 20.1 Å². The van der Waals surface area contributed by atoms with Crippen molar-refractivity contribution in [1.29, 1.82) is 0 Å². The molecule has 0 saturated heterocycles. The Labute approximate surface area is 142 Å². The number of halogens is 2. The number of benzene rings is 1. The van der Waals surface area contributed by atoms with Gasteiger partial charge in [0.2, 0.25) is 0 Å². The maximum atomic E-state index is 12.2. The van der Waals surface area contributed by atoms with E-state index < -0.39 is 0 Å². The number of nitrogen functional groups attached to an aromatic ring is 1. The summed E-state index contributed by atoms with van der Waals surface area (Å²) in [4.78, 5) is 12.8. The standard InChI is InChI=1S/C13H12Br2N2O3S/c1-19-9-4-7(16)8(5-10(9)20-2)17-13(18)11-3-6(14)12(15)21-11/h3-5H,16H2,1-2H3,(H,17,18). The lowest BCUT2D eigenvalue weighted by Gasteiger charge is -2.13. The summed E-state index contributed by atoms with van der Waals surface area (Å²) in [6.45, 7) is 0. The van der Waals surface area contributed by atoms with Crippen LogP contribution in [0.15, 0.2) is 26.5 Å². The number of anilines is 2. The van der Waals surface area contributed by atoms with Crippen molar-refractivity contribution < 1.29 is 14.3 Å². The van der Waals surface area contributed by atoms with Gasteiger partial charge < -0.3 is 20.5 Å². The van der Waals surface area contributed by atoms with E-state index in [0.29, 0.717) is 27.8 Å². The second kappa shape index (κ2) is 6.67. The number of methoxy groups -OCH3 is 2. The molecule has 112 valence electrons. The van der Waals surface area contributed by atoms with Gasteiger partial charge in [0.05, 0.1) is 34.3 Å². The van der Waals surface area contributed by atoms with Crippen LogP contribution in [0.3, 0.4) is 0 Å². The Bertz CT molecular complexity index is 669. The summed E-state index contributed by atoms with van der Waals surface area (Å²) in [6.07, 6.45) is 0. The lowest BCUT2D eigenvalue weighted by molar-refractivity contribution is 0.103. The van der Waals surface area contributed by atoms with E-state index in [1.54, 1.807) is 18.2 Å². The molecule has 0 radical (unpaired) electrons. The first-order valence-electron chi connectivity index (χ1n) is 5.74. The molecule has 1 aromatic carbocycles. The van der Waals surface area contributed by atoms with E-state index in [4.69, 9.17) is 15.2 Å². The van der Waals surface area contributed by atoms with Crippen molar-refractivity contribution in [2.75, 3.05) is 25.3 Å². The molecule has 0 atom stereocenters. The summed E-state index contributed by atoms with van der Waals surface area (Å²) in [5.41, 5.74) is 6.79. The monoisotopic (exact) mass is 434 g/mol. The van der Waals surface area contributed by atoms with E-state index in [-0.39, 0.29) is 5.91 Å². The lowest BCUT2D eigenvalue weighted by Crippen LogP contribution is -2.12. The van der Waals surface area contributed by atoms with Gasteiger partial charge in [0, 0.05) is 16.6 Å². The van der Waals surface area contributed by atoms with Gasteiger partial charge in [-0.3, -0.25) is 4.79 Å². The third kappa shape index (κ3) is 3.50. The average Bonchev–Trinajstić information content (AvgIpc) is 2.80. The van der Waals surface area contributed by atoms with Gasteiger partial charge in [0.15, 0.2) is 11.5 Å². The number of nitrogens with two attached hydrogens (primary N) is 1. The Morgan fingerprint density at radius 3 is 2.33 bits per heavy atom. The molecule has 1 amide bonds. The molecule has 2 aromatic rings. The van der Waals surface area contributed by atoms with E-state index in [9.17, 15) is 4.79 Å². The SMILES string of the molecule is COc1cc(N)c(NC(=O)c2cc(Br)c(Br)s2)cc1OC. The zero-order valence-electron chi connectivity index (χ0n) is 11.2. The lowest BCUT2D eigenvalue weighted by atomic mass is 10.2. The Kier molecular flexibility index (Phi) is 5.13. The summed E-state index contributed by atoms with van der Waals surface area (Å²) in [5, 5.41) is 2.76. The molecule has 0 aliphatic carbocycles. The molecule has 0 aliphatic heterocycles. The van der Waals surface area contributed by atoms with E-state index in [1.165, 1.54) is 25.6 Å². The number of ether oxygens (including phenoxy) is 2. The number of nitrogens with one attached hydrogen (secondary N) is 1. The molecular formula is C13H12Br2N2O3S. The average molecular weight is 436 g/mol. The quantitative estimate of drug-likeness (QED) is 0.708. The van der Waals surface area contributed by atoms with Crippen molar-refractivity contribution in [3.05, 3.63) is 31.3 Å². The van der Waals surface area contributed by atoms with Crippen molar-refractivity contribution in [3.8, 4) is 11.5 Å². The molecule has 3 N–H and O–H groups in total. The van der Waals surface area contributed by atoms with Gasteiger partial charge in [-0.1, -0.05) is 0 Å². The first-order valence-corrected chi connectivity index (χ1v) is 8.14. The number of thiophene rings is 1. The van der Waals surface area contributed by atoms with E-state index in [2.05, 4.69) is 37.2 Å². The van der Waals surface area contributed by atoms with Crippen molar-refractivity contribution in [3.63, 3.8) is 0 Å². The highest BCUT2D eigenvalue weighted by Gasteiger charge is 2.15. The molecule has 5 nitrogen and oxygen atoms in total. The zero-order valence-corrected chi connectivity index (χ0v) is 15.2. The molecule has 0 fully saturated rings. The van der Waals surface area contributed by atoms with Gasteiger partial charge >= 0.3 is 0 Å². The van der Waals surface area contributed by atoms with Crippen molar-refractivity contribution in [2.24, 2.45) is 0 Å². The predicted octanol–water partition coefficient (Wildman–Crippen LogP) is 4.12. The molecule has 0 aliphatic rings. The summed E-state index contributed by atoms with van der Waals surface area (Å²) < 4.78 is 12.0. The Hall–Kier alpha value is -1.25. The third-order valence-corrected chi connectivity index (χ3v) is 5.93. The number of hydrogen-bond acceptors (Lipinski definition) is 5. The van der Waals surface area contributed by atoms with E-state index >= 15 is 0 Å². The van der Waals surface area contributed by atoms with Gasteiger partial charge in [0.1, 0.15) is 0 Å². The Morgan fingerprint density at radius 2 is 1.81 bits per heavy atom. The minimum absolute atomic E-state index is 0.245. The number of hydrogen-bond donors (Lipinski definition) is 2. The van der Waals surface area contributed by atoms with Gasteiger partial charge in [0.25, 0.3) is 5.91 Å². The fraction of sp³-hybridized carbons (Fsp3) is 0.154. The van der Waals surface area contributed by atoms with Crippen LogP contribution in [0.1, 0.15) is 9.67 Å². The largest absolute Gasteiger partial charge is 0.493 e. The van der Waals surface area contributed by atoms with Crippen molar-refractivity contribution in [2.45, 2.75) is 0 Å². The summed E-state index contributed by atoms with van der Waals surface area (Å²) >= 11 is 8.03. The molecule has 1 heterocycles. The van der Waals surface area contributed by atoms with Gasteiger partial charge in [-0.25, -0.2) is 0 Å². The minimum Gasteiger partial charge on any atom is -0.493 e. The Morgan fingerprint density at radius 1 is 1.19 bits per heavy atom. The molecule has 0 saturated carbocycles. The highest BCUT2D eigenvalue weighted by atomic mass is 79.9. The first kappa shape index (κ1) is 16.1. The van der Waals surface area contributed by atoms with Crippen LogP contribution in [0.2, 0.25) is 0 Å². The molecule has 0 spiro atoms. The van der Waals surface area contributed by atoms with Gasteiger partial charge in [-0.15, -0.1) is 11.3 Å². The normalized spacial score (nSPS) is 10.3. The maximum absolute atomic E-state index is 12.2. The van der Waals surface area contributed by atoms with E-state index in [0.717, 1.165) is 8.26 Å². The molecule has 1 aromatic heterocycles. The maximum Gasteiger partial charge on any atom is 0.265 e. The van der Waals surface area contributed by atoms with Crippen LogP contribution in [0.5, 0.6) is 11.5 Å². The molecule has 0 bridgehead atoms. The van der Waals surface area contributed by atoms with Gasteiger partial charge in [-0.2, -0.15) is 0 Å². The molecular weight excluding hydrogens is 424 g/mol. The number of carbonyl (C=O) groups excluding carboxylic acids is 1. The van der Waals surface area contributed by atoms with Gasteiger partial charge in [-0.05, 0) is 37.9 Å². The van der Waals surface area contributed by atoms with Crippen LogP contribution < -0.4 is 20.5 Å². The van der Waals surface area contributed by atoms with Crippen molar-refractivity contribution in [1.82, 2.24) is 0 Å². The van der Waals surface area contributed by atoms with Crippen LogP contribution in [0.4, 0.5) is 11.4 Å². The smallest absolute Gasteiger partial charge is 0.265 e. The topological polar surface area (TPSA) is 73.6 Å². The van der Waals surface area contributed by atoms with Crippen molar-refractivity contribution >= 4 is 60.5 Å². The van der Waals surface area contributed by atoms with E-state index in [1.807, 2.05) is 0 Å². The predicted molar refractivity (Wildman–Crippen MR) is 91.6 cm³/mol. The third-order valence-electron chi connectivity index (χ3n) is 2.67. The molecule has 0 unspecified atom stereocenters. The Balaban J connectivity index is 2.28. The summed E-state index contributed by atoms with van der Waals surface area (Å²) in [5.74, 6) is 0.760. The highest BCUT2D eigenvalue weighted by molar-refractivity contribution is 9.13. The fourth-order valence-corrected chi connectivity index (χ4v) is 3.58. The highest BCUT2D eigenvalue weighted by Crippen LogP contribution is 2.36. The number of rotatable bonds is 4. The zero-order chi connectivity index (χ0) is 15.6. The van der Waals surface area contributed by atoms with Crippen LogP contribution in [0, 0.1) is 0 Å². The summed E-state index contributed by atoms with van der Waals surface area (Å²) in [6, 6.07) is 4.97. The number of amides is 1. The van der Waals surface area contributed by atoms with Crippen LogP contribution in [0.25, 0.3) is 0 Å². The minimum atomic E-state index is -0.245. The second-order valence-corrected chi connectivity index (χ2v) is 7.21. The molecule has 8 heteroatoms. The molecule has 2 rings (SSSR count). The van der Waals surface area contributed by atoms with Crippen LogP contribution >= 0.6 is 43.2 Å². The van der Waals surface area contributed by atoms with Crippen LogP contribution in [-0.2, 0) is 0 Å². The number of carbonyl (C=O) groups is 1. The molecule has 21 heavy (non-hydrogen) atoms. The second-order valence-electron chi connectivity index (χ2n) is 3.98. The fourth-order valence-electron chi connectivity index (χ4n) is 1.65. The first-order chi connectivity index (χ1) is 9.96.